The Balaban J connectivity index is 2.54. The predicted molar refractivity (Wildman–Crippen MR) is 37.3 cm³/mol. The summed E-state index contributed by atoms with van der Waals surface area (Å²) in [6, 6.07) is 0. The second kappa shape index (κ2) is 1.91. The van der Waals surface area contributed by atoms with Gasteiger partial charge in [0.15, 0.2) is 0 Å². The molecule has 0 aromatic carbocycles. The van der Waals surface area contributed by atoms with Crippen LogP contribution in [0.5, 0.6) is 0 Å². The third kappa shape index (κ3) is 0.997. The molecular formula is C7H13Cl. The zero-order chi connectivity index (χ0) is 6.20. The Kier molecular flexibility index (Phi) is 1.53. The van der Waals surface area contributed by atoms with Crippen LogP contribution in [0, 0.1) is 5.41 Å². The minimum Gasteiger partial charge on any atom is -0.122 e. The first kappa shape index (κ1) is 6.41. The van der Waals surface area contributed by atoms with Gasteiger partial charge in [0, 0.05) is 5.38 Å². The van der Waals surface area contributed by atoms with E-state index in [4.69, 9.17) is 11.6 Å². The van der Waals surface area contributed by atoms with Gasteiger partial charge in [-0.2, -0.15) is 0 Å². The molecule has 0 aromatic rings. The van der Waals surface area contributed by atoms with Crippen molar-refractivity contribution in [3.8, 4) is 0 Å². The van der Waals surface area contributed by atoms with E-state index in [0.717, 1.165) is 0 Å². The molecule has 1 rings (SSSR count). The quantitative estimate of drug-likeness (QED) is 0.445. The molecule has 1 heteroatoms. The lowest BCUT2D eigenvalue weighted by Gasteiger charge is -2.20. The molecule has 0 N–H and O–H groups in total. The lowest BCUT2D eigenvalue weighted by atomic mass is 9.92. The van der Waals surface area contributed by atoms with Crippen LogP contribution < -0.4 is 0 Å². The van der Waals surface area contributed by atoms with Gasteiger partial charge in [-0.05, 0) is 18.3 Å². The van der Waals surface area contributed by atoms with Crippen molar-refractivity contribution in [2.45, 2.75) is 38.5 Å². The van der Waals surface area contributed by atoms with E-state index >= 15 is 0 Å². The fourth-order valence-electron chi connectivity index (χ4n) is 1.28. The van der Waals surface area contributed by atoms with Gasteiger partial charge in [-0.3, -0.25) is 0 Å². The first-order valence-corrected chi connectivity index (χ1v) is 3.71. The zero-order valence-corrected chi connectivity index (χ0v) is 6.33. The normalized spacial score (nSPS) is 35.6. The second-order valence-electron chi connectivity index (χ2n) is 3.35. The summed E-state index contributed by atoms with van der Waals surface area (Å²) >= 11 is 6.00. The molecule has 1 aliphatic carbocycles. The molecule has 8 heavy (non-hydrogen) atoms. The summed E-state index contributed by atoms with van der Waals surface area (Å²) in [6.45, 7) is 4.50. The first-order valence-electron chi connectivity index (χ1n) is 3.27. The Labute approximate surface area is 56.2 Å². The highest BCUT2D eigenvalue weighted by molar-refractivity contribution is 6.21. The zero-order valence-electron chi connectivity index (χ0n) is 5.58. The van der Waals surface area contributed by atoms with Crippen LogP contribution in [0.25, 0.3) is 0 Å². The molecule has 1 atom stereocenters. The van der Waals surface area contributed by atoms with Crippen LogP contribution in [0.15, 0.2) is 0 Å². The number of halogens is 1. The molecule has 1 saturated carbocycles. The Hall–Kier alpha value is 0.290. The van der Waals surface area contributed by atoms with Crippen molar-refractivity contribution >= 4 is 11.6 Å². The van der Waals surface area contributed by atoms with Crippen molar-refractivity contribution in [2.75, 3.05) is 0 Å². The molecule has 0 bridgehead atoms. The van der Waals surface area contributed by atoms with Crippen LogP contribution in [-0.4, -0.2) is 5.38 Å². The summed E-state index contributed by atoms with van der Waals surface area (Å²) in [5, 5.41) is 0.433. The Morgan fingerprint density at radius 1 is 1.50 bits per heavy atom. The molecule has 0 radical (unpaired) electrons. The lowest BCUT2D eigenvalue weighted by molar-refractivity contribution is 0.388. The summed E-state index contributed by atoms with van der Waals surface area (Å²) in [7, 11) is 0. The summed E-state index contributed by atoms with van der Waals surface area (Å²) in [5.74, 6) is 0. The van der Waals surface area contributed by atoms with E-state index in [1.54, 1.807) is 0 Å². The molecule has 0 heterocycles. The van der Waals surface area contributed by atoms with Crippen LogP contribution in [0.2, 0.25) is 0 Å². The van der Waals surface area contributed by atoms with Crippen molar-refractivity contribution in [1.29, 1.82) is 0 Å². The summed E-state index contributed by atoms with van der Waals surface area (Å²) in [4.78, 5) is 0. The second-order valence-corrected chi connectivity index (χ2v) is 3.88. The molecule has 0 saturated heterocycles. The number of rotatable bonds is 0. The largest absolute Gasteiger partial charge is 0.122 e. The van der Waals surface area contributed by atoms with E-state index in [0.29, 0.717) is 10.8 Å². The molecule has 1 fully saturated rings. The Morgan fingerprint density at radius 3 is 2.25 bits per heavy atom. The van der Waals surface area contributed by atoms with Crippen LogP contribution in [0.4, 0.5) is 0 Å². The standard InChI is InChI=1S/C7H13Cl/c1-7(2)5-3-4-6(7)8/h6H,3-5H2,1-2H3. The maximum Gasteiger partial charge on any atom is 0.0387 e. The molecule has 1 aliphatic rings. The fourth-order valence-corrected chi connectivity index (χ4v) is 1.55. The molecule has 0 amide bonds. The maximum absolute atomic E-state index is 6.00. The first-order chi connectivity index (χ1) is 3.63. The third-order valence-corrected chi connectivity index (χ3v) is 2.94. The van der Waals surface area contributed by atoms with Crippen molar-refractivity contribution in [3.05, 3.63) is 0 Å². The fraction of sp³-hybridized carbons (Fsp3) is 1.00. The molecule has 1 unspecified atom stereocenters. The molecule has 0 nitrogen and oxygen atoms in total. The van der Waals surface area contributed by atoms with Crippen LogP contribution >= 0.6 is 11.6 Å². The van der Waals surface area contributed by atoms with Gasteiger partial charge in [0.2, 0.25) is 0 Å². The van der Waals surface area contributed by atoms with E-state index < -0.39 is 0 Å². The summed E-state index contributed by atoms with van der Waals surface area (Å²) in [6.07, 6.45) is 3.84. The van der Waals surface area contributed by atoms with E-state index in [1.165, 1.54) is 19.3 Å². The van der Waals surface area contributed by atoms with Gasteiger partial charge >= 0.3 is 0 Å². The minimum absolute atomic E-state index is 0.418. The van der Waals surface area contributed by atoms with E-state index in [2.05, 4.69) is 13.8 Å². The Bertz CT molecular complexity index is 86.4. The maximum atomic E-state index is 6.00. The minimum atomic E-state index is 0.418. The van der Waals surface area contributed by atoms with E-state index in [-0.39, 0.29) is 0 Å². The van der Waals surface area contributed by atoms with Gasteiger partial charge < -0.3 is 0 Å². The topological polar surface area (TPSA) is 0 Å². The summed E-state index contributed by atoms with van der Waals surface area (Å²) in [5.41, 5.74) is 0.418. The van der Waals surface area contributed by atoms with Gasteiger partial charge in [0.25, 0.3) is 0 Å². The predicted octanol–water partition coefficient (Wildman–Crippen LogP) is 2.80. The highest BCUT2D eigenvalue weighted by atomic mass is 35.5. The number of alkyl halides is 1. The molecule has 0 aliphatic heterocycles. The van der Waals surface area contributed by atoms with Gasteiger partial charge in [0.1, 0.15) is 0 Å². The SMILES string of the molecule is CC1(C)CCCC1Cl. The van der Waals surface area contributed by atoms with Gasteiger partial charge in [-0.25, -0.2) is 0 Å². The lowest BCUT2D eigenvalue weighted by Crippen LogP contribution is -2.16. The monoisotopic (exact) mass is 132 g/mol. The molecule has 0 aromatic heterocycles. The molecule has 0 spiro atoms. The Morgan fingerprint density at radius 2 is 2.12 bits per heavy atom. The molecular weight excluding hydrogens is 120 g/mol. The smallest absolute Gasteiger partial charge is 0.0387 e. The number of hydrogen-bond donors (Lipinski definition) is 0. The van der Waals surface area contributed by atoms with Crippen LogP contribution in [0.1, 0.15) is 33.1 Å². The van der Waals surface area contributed by atoms with Crippen molar-refractivity contribution in [2.24, 2.45) is 5.41 Å². The number of hydrogen-bond acceptors (Lipinski definition) is 0. The van der Waals surface area contributed by atoms with Crippen LogP contribution in [0.3, 0.4) is 0 Å². The van der Waals surface area contributed by atoms with Gasteiger partial charge in [-0.1, -0.05) is 20.3 Å². The average molecular weight is 133 g/mol. The van der Waals surface area contributed by atoms with Gasteiger partial charge in [-0.15, -0.1) is 11.6 Å². The summed E-state index contributed by atoms with van der Waals surface area (Å²) < 4.78 is 0. The molecule has 48 valence electrons. The highest BCUT2D eigenvalue weighted by Gasteiger charge is 2.32. The van der Waals surface area contributed by atoms with Gasteiger partial charge in [0.05, 0.1) is 0 Å². The van der Waals surface area contributed by atoms with Crippen molar-refractivity contribution in [3.63, 3.8) is 0 Å². The van der Waals surface area contributed by atoms with E-state index in [1.807, 2.05) is 0 Å². The average Bonchev–Trinajstić information content (AvgIpc) is 1.86. The van der Waals surface area contributed by atoms with Crippen molar-refractivity contribution < 1.29 is 0 Å². The van der Waals surface area contributed by atoms with Crippen molar-refractivity contribution in [1.82, 2.24) is 0 Å². The van der Waals surface area contributed by atoms with Crippen LogP contribution in [-0.2, 0) is 0 Å². The van der Waals surface area contributed by atoms with E-state index in [9.17, 15) is 0 Å². The third-order valence-electron chi connectivity index (χ3n) is 2.13. The highest BCUT2D eigenvalue weighted by Crippen LogP contribution is 2.40.